The fourth-order valence-corrected chi connectivity index (χ4v) is 2.07. The van der Waals surface area contributed by atoms with Crippen LogP contribution in [0.25, 0.3) is 0 Å². The van der Waals surface area contributed by atoms with Crippen molar-refractivity contribution in [3.63, 3.8) is 0 Å². The van der Waals surface area contributed by atoms with Crippen molar-refractivity contribution in [2.75, 3.05) is 19.8 Å². The molecule has 2 unspecified atom stereocenters. The average molecular weight is 254 g/mol. The van der Waals surface area contributed by atoms with Crippen molar-refractivity contribution >= 4 is 5.78 Å². The van der Waals surface area contributed by atoms with Gasteiger partial charge in [-0.05, 0) is 12.8 Å². The summed E-state index contributed by atoms with van der Waals surface area (Å²) in [5.74, 6) is 0.620. The first-order valence-electron chi connectivity index (χ1n) is 6.13. The Bertz CT molecular complexity index is 410. The standard InChI is InChI=1S/C12H18N2O4/c1-7(2)10(8(3)15)12-13-11(14-18-12)9-6-16-4-5-17-9/h7,9-10H,4-6H2,1-3H3. The highest BCUT2D eigenvalue weighted by molar-refractivity contribution is 5.82. The third-order valence-electron chi connectivity index (χ3n) is 2.93. The molecule has 2 atom stereocenters. The minimum Gasteiger partial charge on any atom is -0.376 e. The number of ether oxygens (including phenoxy) is 2. The van der Waals surface area contributed by atoms with Gasteiger partial charge in [0.2, 0.25) is 11.7 Å². The van der Waals surface area contributed by atoms with E-state index in [4.69, 9.17) is 14.0 Å². The quantitative estimate of drug-likeness (QED) is 0.810. The second kappa shape index (κ2) is 5.58. The number of ketones is 1. The van der Waals surface area contributed by atoms with E-state index in [1.807, 2.05) is 13.8 Å². The maximum Gasteiger partial charge on any atom is 0.237 e. The Morgan fingerprint density at radius 2 is 2.17 bits per heavy atom. The van der Waals surface area contributed by atoms with Crippen molar-refractivity contribution in [1.82, 2.24) is 10.1 Å². The van der Waals surface area contributed by atoms with E-state index in [1.165, 1.54) is 6.92 Å². The summed E-state index contributed by atoms with van der Waals surface area (Å²) >= 11 is 0. The van der Waals surface area contributed by atoms with Gasteiger partial charge in [-0.1, -0.05) is 19.0 Å². The van der Waals surface area contributed by atoms with Crippen LogP contribution in [0.5, 0.6) is 0 Å². The topological polar surface area (TPSA) is 74.5 Å². The Hall–Kier alpha value is -1.27. The van der Waals surface area contributed by atoms with Crippen LogP contribution in [0.1, 0.15) is 44.5 Å². The van der Waals surface area contributed by atoms with E-state index >= 15 is 0 Å². The lowest BCUT2D eigenvalue weighted by molar-refractivity contribution is -0.119. The number of Topliss-reactive ketones (excluding diaryl/α,β-unsaturated/α-hetero) is 1. The molecular weight excluding hydrogens is 236 g/mol. The van der Waals surface area contributed by atoms with Gasteiger partial charge in [-0.2, -0.15) is 4.98 Å². The molecule has 1 aliphatic rings. The van der Waals surface area contributed by atoms with Gasteiger partial charge in [0.1, 0.15) is 11.9 Å². The fourth-order valence-electron chi connectivity index (χ4n) is 2.07. The van der Waals surface area contributed by atoms with Crippen LogP contribution < -0.4 is 0 Å². The molecule has 2 rings (SSSR count). The molecule has 100 valence electrons. The van der Waals surface area contributed by atoms with Crippen LogP contribution >= 0.6 is 0 Å². The lowest BCUT2D eigenvalue weighted by atomic mass is 9.92. The number of carbonyl (C=O) groups is 1. The third kappa shape index (κ3) is 2.76. The van der Waals surface area contributed by atoms with Gasteiger partial charge >= 0.3 is 0 Å². The highest BCUT2D eigenvalue weighted by Gasteiger charge is 2.29. The van der Waals surface area contributed by atoms with E-state index in [-0.39, 0.29) is 23.7 Å². The highest BCUT2D eigenvalue weighted by atomic mass is 16.6. The molecule has 0 N–H and O–H groups in total. The summed E-state index contributed by atoms with van der Waals surface area (Å²) in [6, 6.07) is 0. The Kier molecular flexibility index (Phi) is 4.08. The van der Waals surface area contributed by atoms with Crippen molar-refractivity contribution in [1.29, 1.82) is 0 Å². The third-order valence-corrected chi connectivity index (χ3v) is 2.93. The SMILES string of the molecule is CC(=O)C(c1nc(C2COCCO2)no1)C(C)C. The summed E-state index contributed by atoms with van der Waals surface area (Å²) in [5, 5.41) is 3.88. The van der Waals surface area contributed by atoms with Crippen molar-refractivity contribution in [3.05, 3.63) is 11.7 Å². The van der Waals surface area contributed by atoms with Gasteiger partial charge in [-0.25, -0.2) is 0 Å². The second-order valence-corrected chi connectivity index (χ2v) is 4.76. The van der Waals surface area contributed by atoms with E-state index in [1.54, 1.807) is 0 Å². The normalized spacial score (nSPS) is 22.1. The van der Waals surface area contributed by atoms with Crippen LogP contribution in [0.15, 0.2) is 4.52 Å². The zero-order valence-corrected chi connectivity index (χ0v) is 10.9. The van der Waals surface area contributed by atoms with Gasteiger partial charge < -0.3 is 14.0 Å². The van der Waals surface area contributed by atoms with E-state index < -0.39 is 0 Å². The zero-order valence-electron chi connectivity index (χ0n) is 10.9. The predicted octanol–water partition coefficient (Wildman–Crippen LogP) is 1.49. The number of aromatic nitrogens is 2. The first-order chi connectivity index (χ1) is 8.59. The lowest BCUT2D eigenvalue weighted by Gasteiger charge is -2.19. The van der Waals surface area contributed by atoms with Crippen LogP contribution in [-0.4, -0.2) is 35.7 Å². The van der Waals surface area contributed by atoms with E-state index in [2.05, 4.69) is 10.1 Å². The molecule has 2 heterocycles. The molecule has 18 heavy (non-hydrogen) atoms. The highest BCUT2D eigenvalue weighted by Crippen LogP contribution is 2.26. The number of carbonyl (C=O) groups excluding carboxylic acids is 1. The van der Waals surface area contributed by atoms with Gasteiger partial charge in [-0.15, -0.1) is 0 Å². The van der Waals surface area contributed by atoms with Crippen LogP contribution in [-0.2, 0) is 14.3 Å². The molecule has 1 fully saturated rings. The molecule has 0 spiro atoms. The van der Waals surface area contributed by atoms with Crippen molar-refractivity contribution in [2.45, 2.75) is 32.8 Å². The largest absolute Gasteiger partial charge is 0.376 e. The molecular formula is C12H18N2O4. The van der Waals surface area contributed by atoms with Crippen LogP contribution in [0.3, 0.4) is 0 Å². The van der Waals surface area contributed by atoms with Gasteiger partial charge in [0, 0.05) is 0 Å². The Morgan fingerprint density at radius 3 is 2.72 bits per heavy atom. The first-order valence-corrected chi connectivity index (χ1v) is 6.13. The molecule has 6 heteroatoms. The molecule has 6 nitrogen and oxygen atoms in total. The lowest BCUT2D eigenvalue weighted by Crippen LogP contribution is -2.23. The Labute approximate surface area is 106 Å². The molecule has 0 aromatic carbocycles. The summed E-state index contributed by atoms with van der Waals surface area (Å²) in [7, 11) is 0. The molecule has 0 saturated carbocycles. The molecule has 0 amide bonds. The number of hydrogen-bond donors (Lipinski definition) is 0. The molecule has 0 radical (unpaired) electrons. The minimum atomic E-state index is -0.351. The molecule has 1 aliphatic heterocycles. The van der Waals surface area contributed by atoms with Gasteiger partial charge in [0.25, 0.3) is 0 Å². The smallest absolute Gasteiger partial charge is 0.237 e. The maximum atomic E-state index is 11.6. The Morgan fingerprint density at radius 1 is 1.39 bits per heavy atom. The Balaban J connectivity index is 2.15. The van der Waals surface area contributed by atoms with Crippen LogP contribution in [0, 0.1) is 5.92 Å². The number of nitrogens with zero attached hydrogens (tertiary/aromatic N) is 2. The van der Waals surface area contributed by atoms with Crippen molar-refractivity contribution in [3.8, 4) is 0 Å². The molecule has 1 saturated heterocycles. The summed E-state index contributed by atoms with van der Waals surface area (Å²) in [6.45, 7) is 6.98. The van der Waals surface area contributed by atoms with Gasteiger partial charge in [0.15, 0.2) is 0 Å². The molecule has 1 aromatic rings. The minimum absolute atomic E-state index is 0.0287. The summed E-state index contributed by atoms with van der Waals surface area (Å²) < 4.78 is 16.0. The van der Waals surface area contributed by atoms with Crippen LogP contribution in [0.4, 0.5) is 0 Å². The summed E-state index contributed by atoms with van der Waals surface area (Å²) in [5.41, 5.74) is 0. The van der Waals surface area contributed by atoms with Gasteiger partial charge in [-0.3, -0.25) is 4.79 Å². The van der Waals surface area contributed by atoms with E-state index in [9.17, 15) is 4.79 Å². The van der Waals surface area contributed by atoms with Crippen LogP contribution in [0.2, 0.25) is 0 Å². The van der Waals surface area contributed by atoms with Crippen molar-refractivity contribution in [2.24, 2.45) is 5.92 Å². The monoisotopic (exact) mass is 254 g/mol. The van der Waals surface area contributed by atoms with E-state index in [0.29, 0.717) is 31.5 Å². The predicted molar refractivity (Wildman–Crippen MR) is 62.1 cm³/mol. The second-order valence-electron chi connectivity index (χ2n) is 4.76. The van der Waals surface area contributed by atoms with Gasteiger partial charge in [0.05, 0.1) is 25.7 Å². The maximum absolute atomic E-state index is 11.6. The number of hydrogen-bond acceptors (Lipinski definition) is 6. The number of rotatable bonds is 4. The molecule has 1 aromatic heterocycles. The van der Waals surface area contributed by atoms with E-state index in [0.717, 1.165) is 0 Å². The first kappa shape index (κ1) is 13.2. The van der Waals surface area contributed by atoms with Crippen molar-refractivity contribution < 1.29 is 18.8 Å². The molecule has 0 aliphatic carbocycles. The summed E-state index contributed by atoms with van der Waals surface area (Å²) in [6.07, 6.45) is -0.295. The average Bonchev–Trinajstić information content (AvgIpc) is 2.78. The fraction of sp³-hybridized carbons (Fsp3) is 0.750. The summed E-state index contributed by atoms with van der Waals surface area (Å²) in [4.78, 5) is 15.9. The zero-order chi connectivity index (χ0) is 13.1. The molecule has 0 bridgehead atoms.